The maximum Gasteiger partial charge on any atom is 0.257 e. The average molecular weight is 319 g/mol. The Balaban J connectivity index is 1.62. The molecule has 1 aromatic heterocycles. The summed E-state index contributed by atoms with van der Waals surface area (Å²) in [7, 11) is 0. The molecule has 0 aliphatic carbocycles. The fourth-order valence-corrected chi connectivity index (χ4v) is 2.22. The van der Waals surface area contributed by atoms with Crippen molar-refractivity contribution in [3.8, 4) is 0 Å². The van der Waals surface area contributed by atoms with Gasteiger partial charge in [0.05, 0.1) is 0 Å². The molecule has 1 heterocycles. The molecule has 0 saturated heterocycles. The average Bonchev–Trinajstić information content (AvgIpc) is 2.64. The Morgan fingerprint density at radius 3 is 2.21 bits per heavy atom. The lowest BCUT2D eigenvalue weighted by Crippen LogP contribution is -2.20. The SMILES string of the molecule is O=C(Nc1ccc(Nc2ccccc2)cc1)[C@@H](O)c1cccnc1. The standard InChI is InChI=1S/C19H17N3O2/c23-18(14-5-4-12-20-13-14)19(24)22-17-10-8-16(9-11-17)21-15-6-2-1-3-7-15/h1-13,18,21,23H,(H,22,24)/t18-/m0/s1. The number of benzene rings is 2. The number of nitrogens with zero attached hydrogens (tertiary/aromatic N) is 1. The Hall–Kier alpha value is -3.18. The number of aliphatic hydroxyl groups excluding tert-OH is 1. The third kappa shape index (κ3) is 3.97. The molecule has 5 nitrogen and oxygen atoms in total. The summed E-state index contributed by atoms with van der Waals surface area (Å²) in [5.74, 6) is -0.494. The van der Waals surface area contributed by atoms with Crippen LogP contribution < -0.4 is 10.6 Å². The molecule has 0 saturated carbocycles. The maximum absolute atomic E-state index is 12.1. The van der Waals surface area contributed by atoms with Crippen LogP contribution in [-0.4, -0.2) is 16.0 Å². The predicted octanol–water partition coefficient (Wildman–Crippen LogP) is 3.50. The van der Waals surface area contributed by atoms with Crippen molar-refractivity contribution in [2.75, 3.05) is 10.6 Å². The van der Waals surface area contributed by atoms with E-state index in [0.29, 0.717) is 11.3 Å². The molecule has 3 rings (SSSR count). The molecule has 0 bridgehead atoms. The third-order valence-corrected chi connectivity index (χ3v) is 3.46. The second-order valence-electron chi connectivity index (χ2n) is 5.25. The molecule has 0 radical (unpaired) electrons. The van der Waals surface area contributed by atoms with Crippen molar-refractivity contribution < 1.29 is 9.90 Å². The monoisotopic (exact) mass is 319 g/mol. The van der Waals surface area contributed by atoms with Crippen LogP contribution in [0.2, 0.25) is 0 Å². The molecule has 0 unspecified atom stereocenters. The molecule has 0 aliphatic rings. The molecule has 0 spiro atoms. The fourth-order valence-electron chi connectivity index (χ4n) is 2.22. The molecule has 2 aromatic carbocycles. The molecule has 0 fully saturated rings. The number of rotatable bonds is 5. The first-order valence-electron chi connectivity index (χ1n) is 7.53. The molecule has 5 heteroatoms. The van der Waals surface area contributed by atoms with Crippen molar-refractivity contribution in [2.45, 2.75) is 6.10 Å². The summed E-state index contributed by atoms with van der Waals surface area (Å²) in [6.07, 6.45) is 1.81. The van der Waals surface area contributed by atoms with Gasteiger partial charge in [0.2, 0.25) is 0 Å². The molecule has 1 amide bonds. The lowest BCUT2D eigenvalue weighted by molar-refractivity contribution is -0.124. The minimum Gasteiger partial charge on any atom is -0.378 e. The van der Waals surface area contributed by atoms with E-state index in [1.54, 1.807) is 30.5 Å². The highest BCUT2D eigenvalue weighted by molar-refractivity contribution is 5.94. The van der Waals surface area contributed by atoms with Crippen LogP contribution in [0.15, 0.2) is 79.1 Å². The largest absolute Gasteiger partial charge is 0.378 e. The number of carbonyl (C=O) groups excluding carboxylic acids is 1. The van der Waals surface area contributed by atoms with E-state index in [1.165, 1.54) is 6.20 Å². The Morgan fingerprint density at radius 1 is 0.875 bits per heavy atom. The van der Waals surface area contributed by atoms with Gasteiger partial charge in [-0.2, -0.15) is 0 Å². The number of anilines is 3. The number of pyridine rings is 1. The molecule has 120 valence electrons. The number of nitrogens with one attached hydrogen (secondary N) is 2. The van der Waals surface area contributed by atoms with E-state index in [-0.39, 0.29) is 0 Å². The van der Waals surface area contributed by atoms with Gasteiger partial charge in [-0.1, -0.05) is 24.3 Å². The van der Waals surface area contributed by atoms with Crippen LogP contribution in [0.4, 0.5) is 17.1 Å². The van der Waals surface area contributed by atoms with E-state index in [4.69, 9.17) is 0 Å². The van der Waals surface area contributed by atoms with E-state index in [2.05, 4.69) is 15.6 Å². The highest BCUT2D eigenvalue weighted by atomic mass is 16.3. The molecule has 3 aromatic rings. The lowest BCUT2D eigenvalue weighted by Gasteiger charge is -2.12. The lowest BCUT2D eigenvalue weighted by atomic mass is 10.1. The Labute approximate surface area is 140 Å². The minimum absolute atomic E-state index is 0.456. The fraction of sp³-hybridized carbons (Fsp3) is 0.0526. The number of aliphatic hydroxyl groups is 1. The van der Waals surface area contributed by atoms with Crippen molar-refractivity contribution in [3.05, 3.63) is 84.7 Å². The number of aromatic nitrogens is 1. The van der Waals surface area contributed by atoms with Gasteiger partial charge in [0.25, 0.3) is 5.91 Å². The van der Waals surface area contributed by atoms with Crippen LogP contribution >= 0.6 is 0 Å². The molecular formula is C19H17N3O2. The zero-order valence-electron chi connectivity index (χ0n) is 12.9. The van der Waals surface area contributed by atoms with Crippen LogP contribution in [0, 0.1) is 0 Å². The van der Waals surface area contributed by atoms with Crippen LogP contribution in [-0.2, 0) is 4.79 Å². The molecule has 24 heavy (non-hydrogen) atoms. The van der Waals surface area contributed by atoms with Crippen LogP contribution in [0.1, 0.15) is 11.7 Å². The van der Waals surface area contributed by atoms with Gasteiger partial charge in [-0.3, -0.25) is 9.78 Å². The summed E-state index contributed by atoms with van der Waals surface area (Å²) >= 11 is 0. The van der Waals surface area contributed by atoms with Crippen LogP contribution in [0.5, 0.6) is 0 Å². The van der Waals surface area contributed by atoms with E-state index in [9.17, 15) is 9.90 Å². The first kappa shape index (κ1) is 15.7. The molecule has 1 atom stereocenters. The van der Waals surface area contributed by atoms with Gasteiger partial charge in [0.1, 0.15) is 0 Å². The van der Waals surface area contributed by atoms with Gasteiger partial charge in [0.15, 0.2) is 6.10 Å². The van der Waals surface area contributed by atoms with Gasteiger partial charge < -0.3 is 15.7 Å². The smallest absolute Gasteiger partial charge is 0.257 e. The van der Waals surface area contributed by atoms with E-state index < -0.39 is 12.0 Å². The summed E-state index contributed by atoms with van der Waals surface area (Å²) < 4.78 is 0. The maximum atomic E-state index is 12.1. The van der Waals surface area contributed by atoms with Crippen molar-refractivity contribution in [2.24, 2.45) is 0 Å². The van der Waals surface area contributed by atoms with Crippen molar-refractivity contribution in [1.29, 1.82) is 0 Å². The predicted molar refractivity (Wildman–Crippen MR) is 94.0 cm³/mol. The number of para-hydroxylation sites is 1. The highest BCUT2D eigenvalue weighted by Gasteiger charge is 2.17. The topological polar surface area (TPSA) is 74.2 Å². The Kier molecular flexibility index (Phi) is 4.84. The van der Waals surface area contributed by atoms with Crippen molar-refractivity contribution in [3.63, 3.8) is 0 Å². The zero-order chi connectivity index (χ0) is 16.8. The van der Waals surface area contributed by atoms with Crippen LogP contribution in [0.25, 0.3) is 0 Å². The highest BCUT2D eigenvalue weighted by Crippen LogP contribution is 2.20. The second kappa shape index (κ2) is 7.39. The number of hydrogen-bond donors (Lipinski definition) is 3. The van der Waals surface area contributed by atoms with Gasteiger partial charge in [0, 0.05) is 35.0 Å². The van der Waals surface area contributed by atoms with Crippen LogP contribution in [0.3, 0.4) is 0 Å². The van der Waals surface area contributed by atoms with Gasteiger partial charge in [-0.15, -0.1) is 0 Å². The summed E-state index contributed by atoms with van der Waals surface area (Å²) in [5.41, 5.74) is 2.97. The van der Waals surface area contributed by atoms with E-state index in [0.717, 1.165) is 11.4 Å². The zero-order valence-corrected chi connectivity index (χ0v) is 12.9. The third-order valence-electron chi connectivity index (χ3n) is 3.46. The van der Waals surface area contributed by atoms with E-state index in [1.807, 2.05) is 42.5 Å². The Morgan fingerprint density at radius 2 is 1.54 bits per heavy atom. The van der Waals surface area contributed by atoms with Gasteiger partial charge in [-0.25, -0.2) is 0 Å². The Bertz CT molecular complexity index is 790. The first-order valence-corrected chi connectivity index (χ1v) is 7.53. The summed E-state index contributed by atoms with van der Waals surface area (Å²) in [6.45, 7) is 0. The normalized spacial score (nSPS) is 11.5. The number of amides is 1. The summed E-state index contributed by atoms with van der Waals surface area (Å²) in [4.78, 5) is 16.0. The first-order chi connectivity index (χ1) is 11.7. The molecule has 3 N–H and O–H groups in total. The number of carbonyl (C=O) groups is 1. The number of hydrogen-bond acceptors (Lipinski definition) is 4. The molecule has 0 aliphatic heterocycles. The minimum atomic E-state index is -1.25. The summed E-state index contributed by atoms with van der Waals surface area (Å²) in [6, 6.07) is 20.4. The van der Waals surface area contributed by atoms with Crippen molar-refractivity contribution in [1.82, 2.24) is 4.98 Å². The second-order valence-corrected chi connectivity index (χ2v) is 5.25. The van der Waals surface area contributed by atoms with E-state index >= 15 is 0 Å². The van der Waals surface area contributed by atoms with Gasteiger partial charge >= 0.3 is 0 Å². The van der Waals surface area contributed by atoms with Crippen molar-refractivity contribution >= 4 is 23.0 Å². The quantitative estimate of drug-likeness (QED) is 0.673. The summed E-state index contributed by atoms with van der Waals surface area (Å²) in [5, 5.41) is 16.0. The van der Waals surface area contributed by atoms with Gasteiger partial charge in [-0.05, 0) is 42.5 Å². The molecular weight excluding hydrogens is 302 g/mol.